The van der Waals surface area contributed by atoms with Gasteiger partial charge in [0.25, 0.3) is 0 Å². The van der Waals surface area contributed by atoms with Gasteiger partial charge in [-0.2, -0.15) is 0 Å². The predicted octanol–water partition coefficient (Wildman–Crippen LogP) is 5.00. The van der Waals surface area contributed by atoms with Crippen molar-refractivity contribution < 1.29 is 9.53 Å². The van der Waals surface area contributed by atoms with Crippen LogP contribution in [0.15, 0.2) is 42.5 Å². The zero-order chi connectivity index (χ0) is 18.3. The van der Waals surface area contributed by atoms with Gasteiger partial charge in [0.1, 0.15) is 0 Å². The summed E-state index contributed by atoms with van der Waals surface area (Å²) in [4.78, 5) is 11.9. The van der Waals surface area contributed by atoms with E-state index in [1.807, 2.05) is 0 Å². The molecule has 0 bridgehead atoms. The largest absolute Gasteiger partial charge is 0.370 e. The molecular weight excluding hydrogens is 322 g/mol. The fourth-order valence-corrected chi connectivity index (χ4v) is 5.15. The summed E-state index contributed by atoms with van der Waals surface area (Å²) in [5, 5.41) is 5.79. The summed E-state index contributed by atoms with van der Waals surface area (Å²) >= 11 is 0. The second-order valence-electron chi connectivity index (χ2n) is 8.60. The fraction of sp³-hybridized carbons (Fsp3) is 0.522. The van der Waals surface area contributed by atoms with Crippen LogP contribution in [0.25, 0.3) is 10.8 Å². The summed E-state index contributed by atoms with van der Waals surface area (Å²) in [7, 11) is 0. The summed E-state index contributed by atoms with van der Waals surface area (Å²) in [5.74, 6) is 1.15. The molecule has 0 unspecified atom stereocenters. The van der Waals surface area contributed by atoms with Crippen molar-refractivity contribution in [1.29, 1.82) is 0 Å². The SMILES string of the molecule is CC(=O)N[C@]1(C)C[C@H](c2ccc3ccccc3c2)O[C@@H]2C[C@H](C)CC[C@H]21. The monoisotopic (exact) mass is 351 g/mol. The number of hydrogen-bond acceptors (Lipinski definition) is 2. The molecule has 1 aliphatic carbocycles. The van der Waals surface area contributed by atoms with E-state index in [0.717, 1.165) is 19.3 Å². The molecule has 3 heteroatoms. The molecule has 0 aromatic heterocycles. The van der Waals surface area contributed by atoms with E-state index in [9.17, 15) is 4.79 Å². The van der Waals surface area contributed by atoms with E-state index in [-0.39, 0.29) is 23.7 Å². The van der Waals surface area contributed by atoms with Gasteiger partial charge in [0.05, 0.1) is 12.2 Å². The van der Waals surface area contributed by atoms with E-state index in [1.54, 1.807) is 6.92 Å². The molecule has 4 rings (SSSR count). The van der Waals surface area contributed by atoms with Crippen molar-refractivity contribution in [3.8, 4) is 0 Å². The van der Waals surface area contributed by atoms with Crippen molar-refractivity contribution in [3.63, 3.8) is 0 Å². The lowest BCUT2D eigenvalue weighted by molar-refractivity contribution is -0.153. The zero-order valence-corrected chi connectivity index (χ0v) is 16.0. The van der Waals surface area contributed by atoms with E-state index in [1.165, 1.54) is 22.8 Å². The maximum atomic E-state index is 11.9. The summed E-state index contributed by atoms with van der Waals surface area (Å²) in [6.45, 7) is 6.17. The molecule has 2 aromatic carbocycles. The van der Waals surface area contributed by atoms with Gasteiger partial charge in [-0.25, -0.2) is 0 Å². The van der Waals surface area contributed by atoms with Gasteiger partial charge in [-0.1, -0.05) is 49.7 Å². The van der Waals surface area contributed by atoms with Crippen molar-refractivity contribution in [1.82, 2.24) is 5.32 Å². The predicted molar refractivity (Wildman–Crippen MR) is 105 cm³/mol. The molecule has 5 atom stereocenters. The Kier molecular flexibility index (Phi) is 4.52. The van der Waals surface area contributed by atoms with Crippen molar-refractivity contribution in [2.24, 2.45) is 11.8 Å². The number of nitrogens with one attached hydrogen (secondary N) is 1. The van der Waals surface area contributed by atoms with Gasteiger partial charge in [0.15, 0.2) is 0 Å². The van der Waals surface area contributed by atoms with Gasteiger partial charge >= 0.3 is 0 Å². The number of fused-ring (bicyclic) bond motifs is 2. The van der Waals surface area contributed by atoms with E-state index < -0.39 is 0 Å². The summed E-state index contributed by atoms with van der Waals surface area (Å²) < 4.78 is 6.62. The van der Waals surface area contributed by atoms with E-state index in [2.05, 4.69) is 61.6 Å². The lowest BCUT2D eigenvalue weighted by atomic mass is 9.66. The smallest absolute Gasteiger partial charge is 0.217 e. The third-order valence-corrected chi connectivity index (χ3v) is 6.43. The van der Waals surface area contributed by atoms with E-state index in [0.29, 0.717) is 11.8 Å². The third-order valence-electron chi connectivity index (χ3n) is 6.43. The topological polar surface area (TPSA) is 38.3 Å². The maximum absolute atomic E-state index is 11.9. The van der Waals surface area contributed by atoms with Crippen LogP contribution in [-0.4, -0.2) is 17.6 Å². The van der Waals surface area contributed by atoms with Crippen LogP contribution in [0.5, 0.6) is 0 Å². The molecule has 1 saturated carbocycles. The van der Waals surface area contributed by atoms with Gasteiger partial charge in [0, 0.05) is 24.8 Å². The highest BCUT2D eigenvalue weighted by atomic mass is 16.5. The Morgan fingerprint density at radius 2 is 1.92 bits per heavy atom. The highest BCUT2D eigenvalue weighted by Crippen LogP contribution is 2.48. The number of carbonyl (C=O) groups excluding carboxylic acids is 1. The van der Waals surface area contributed by atoms with Crippen LogP contribution in [0.1, 0.15) is 58.1 Å². The number of amides is 1. The molecule has 26 heavy (non-hydrogen) atoms. The molecule has 1 heterocycles. The lowest BCUT2D eigenvalue weighted by Crippen LogP contribution is -2.60. The van der Waals surface area contributed by atoms with Gasteiger partial charge in [-0.3, -0.25) is 4.79 Å². The van der Waals surface area contributed by atoms with Crippen molar-refractivity contribution in [3.05, 3.63) is 48.0 Å². The zero-order valence-electron chi connectivity index (χ0n) is 16.0. The first-order chi connectivity index (χ1) is 12.4. The Bertz CT molecular complexity index is 817. The van der Waals surface area contributed by atoms with Crippen molar-refractivity contribution in [2.75, 3.05) is 0 Å². The Labute approximate surface area is 156 Å². The second kappa shape index (κ2) is 6.70. The molecule has 2 aliphatic rings. The lowest BCUT2D eigenvalue weighted by Gasteiger charge is -2.52. The number of rotatable bonds is 2. The van der Waals surface area contributed by atoms with Gasteiger partial charge in [-0.15, -0.1) is 0 Å². The first-order valence-electron chi connectivity index (χ1n) is 9.87. The number of ether oxygens (including phenoxy) is 1. The molecule has 1 aliphatic heterocycles. The van der Waals surface area contributed by atoms with Crippen LogP contribution in [-0.2, 0) is 9.53 Å². The van der Waals surface area contributed by atoms with E-state index >= 15 is 0 Å². The standard InChI is InChI=1S/C23H29NO2/c1-15-8-11-20-21(12-15)26-22(14-23(20,3)24-16(2)25)19-10-9-17-6-4-5-7-18(17)13-19/h4-7,9-10,13,15,20-22H,8,11-12,14H2,1-3H3,(H,24,25)/t15-,20-,21-,22-,23-/m1/s1. The third kappa shape index (κ3) is 3.25. The quantitative estimate of drug-likeness (QED) is 0.827. The average Bonchev–Trinajstić information content (AvgIpc) is 2.60. The molecule has 0 spiro atoms. The number of benzene rings is 2. The Hall–Kier alpha value is -1.87. The molecule has 1 N–H and O–H groups in total. The molecule has 1 saturated heterocycles. The molecular formula is C23H29NO2. The van der Waals surface area contributed by atoms with Crippen LogP contribution in [0.4, 0.5) is 0 Å². The van der Waals surface area contributed by atoms with Crippen LogP contribution >= 0.6 is 0 Å². The minimum absolute atomic E-state index is 0.0306. The van der Waals surface area contributed by atoms with Crippen LogP contribution in [0.3, 0.4) is 0 Å². The Morgan fingerprint density at radius 1 is 1.15 bits per heavy atom. The first kappa shape index (κ1) is 17.5. The maximum Gasteiger partial charge on any atom is 0.217 e. The number of carbonyl (C=O) groups is 1. The molecule has 2 aromatic rings. The Morgan fingerprint density at radius 3 is 2.69 bits per heavy atom. The van der Waals surface area contributed by atoms with Crippen LogP contribution < -0.4 is 5.32 Å². The number of hydrogen-bond donors (Lipinski definition) is 1. The van der Waals surface area contributed by atoms with Crippen molar-refractivity contribution in [2.45, 2.75) is 64.2 Å². The summed E-state index contributed by atoms with van der Waals surface area (Å²) in [6.07, 6.45) is 4.53. The first-order valence-corrected chi connectivity index (χ1v) is 9.87. The van der Waals surface area contributed by atoms with E-state index in [4.69, 9.17) is 4.74 Å². The van der Waals surface area contributed by atoms with Gasteiger partial charge < -0.3 is 10.1 Å². The van der Waals surface area contributed by atoms with Crippen LogP contribution in [0, 0.1) is 11.8 Å². The van der Waals surface area contributed by atoms with Crippen molar-refractivity contribution >= 4 is 16.7 Å². The van der Waals surface area contributed by atoms with Crippen LogP contribution in [0.2, 0.25) is 0 Å². The highest BCUT2D eigenvalue weighted by Gasteiger charge is 2.49. The fourth-order valence-electron chi connectivity index (χ4n) is 5.15. The second-order valence-corrected chi connectivity index (χ2v) is 8.60. The normalized spacial score (nSPS) is 34.3. The van der Waals surface area contributed by atoms with Gasteiger partial charge in [0.2, 0.25) is 5.91 Å². The molecule has 138 valence electrons. The summed E-state index contributed by atoms with van der Waals surface area (Å²) in [6, 6.07) is 15.1. The summed E-state index contributed by atoms with van der Waals surface area (Å²) in [5.41, 5.74) is 1.02. The molecule has 2 fully saturated rings. The highest BCUT2D eigenvalue weighted by molar-refractivity contribution is 5.83. The Balaban J connectivity index is 1.68. The minimum Gasteiger partial charge on any atom is -0.370 e. The minimum atomic E-state index is -0.203. The molecule has 3 nitrogen and oxygen atoms in total. The average molecular weight is 351 g/mol. The molecule has 0 radical (unpaired) electrons. The molecule has 1 amide bonds. The van der Waals surface area contributed by atoms with Gasteiger partial charge in [-0.05, 0) is 48.1 Å².